The van der Waals surface area contributed by atoms with Crippen molar-refractivity contribution in [2.24, 2.45) is 5.92 Å². The van der Waals surface area contributed by atoms with E-state index in [0.29, 0.717) is 12.8 Å². The van der Waals surface area contributed by atoms with E-state index in [1.807, 2.05) is 0 Å². The largest absolute Gasteiger partial charge is 0.300 e. The zero-order chi connectivity index (χ0) is 10.1. The van der Waals surface area contributed by atoms with Gasteiger partial charge in [-0.2, -0.15) is 0 Å². The van der Waals surface area contributed by atoms with Gasteiger partial charge in [-0.05, 0) is 32.6 Å². The van der Waals surface area contributed by atoms with Crippen molar-refractivity contribution in [1.82, 2.24) is 0 Å². The normalized spacial score (nSPS) is 30.0. The number of ketones is 1. The van der Waals surface area contributed by atoms with Crippen LogP contribution in [0.4, 0.5) is 0 Å². The maximum atomic E-state index is 11.2. The quantitative estimate of drug-likeness (QED) is 0.678. The van der Waals surface area contributed by atoms with Crippen molar-refractivity contribution in [3.8, 4) is 0 Å². The molecule has 13 heavy (non-hydrogen) atoms. The Kier molecular flexibility index (Phi) is 3.11. The fourth-order valence-corrected chi connectivity index (χ4v) is 3.03. The molecule has 1 rings (SSSR count). The summed E-state index contributed by atoms with van der Waals surface area (Å²) < 4.78 is 22.4. The zero-order valence-corrected chi connectivity index (χ0v) is 8.93. The van der Waals surface area contributed by atoms with Crippen LogP contribution < -0.4 is 0 Å². The van der Waals surface area contributed by atoms with E-state index in [2.05, 4.69) is 0 Å². The Morgan fingerprint density at radius 2 is 1.62 bits per heavy atom. The van der Waals surface area contributed by atoms with Crippen molar-refractivity contribution in [1.29, 1.82) is 0 Å². The summed E-state index contributed by atoms with van der Waals surface area (Å²) in [7, 11) is -2.89. The lowest BCUT2D eigenvalue weighted by atomic mass is 9.86. The molecule has 0 spiro atoms. The lowest BCUT2D eigenvalue weighted by molar-refractivity contribution is -0.121. The second kappa shape index (κ2) is 3.78. The van der Waals surface area contributed by atoms with E-state index in [4.69, 9.17) is 0 Å². The number of hydrogen-bond donors (Lipinski definition) is 0. The van der Waals surface area contributed by atoms with Gasteiger partial charge < -0.3 is 0 Å². The highest BCUT2D eigenvalue weighted by atomic mass is 32.2. The van der Waals surface area contributed by atoms with E-state index >= 15 is 0 Å². The van der Waals surface area contributed by atoms with Crippen LogP contribution in [-0.4, -0.2) is 25.7 Å². The molecule has 0 saturated heterocycles. The van der Waals surface area contributed by atoms with Crippen molar-refractivity contribution in [3.63, 3.8) is 0 Å². The molecular formula is C9H16O3S. The van der Waals surface area contributed by atoms with Crippen LogP contribution >= 0.6 is 0 Å². The molecule has 4 heteroatoms. The molecule has 1 aliphatic carbocycles. The van der Waals surface area contributed by atoms with Crippen LogP contribution in [0.1, 0.15) is 32.6 Å². The van der Waals surface area contributed by atoms with Crippen LogP contribution in [-0.2, 0) is 14.6 Å². The second-order valence-corrected chi connectivity index (χ2v) is 6.24. The first-order chi connectivity index (χ1) is 5.91. The fourth-order valence-electron chi connectivity index (χ4n) is 1.90. The topological polar surface area (TPSA) is 51.2 Å². The average molecular weight is 204 g/mol. The summed E-state index contributed by atoms with van der Waals surface area (Å²) in [5.74, 6) is 0.310. The molecule has 0 aromatic rings. The molecule has 0 N–H and O–H groups in total. The van der Waals surface area contributed by atoms with Crippen molar-refractivity contribution >= 4 is 15.6 Å². The van der Waals surface area contributed by atoms with Crippen molar-refractivity contribution < 1.29 is 13.2 Å². The lowest BCUT2D eigenvalue weighted by Gasteiger charge is -2.25. The van der Waals surface area contributed by atoms with Gasteiger partial charge in [0.05, 0.1) is 5.25 Å². The molecule has 0 amide bonds. The van der Waals surface area contributed by atoms with Crippen LogP contribution in [0.25, 0.3) is 0 Å². The standard InChI is InChI=1S/C9H16O3S/c1-7(10)8-3-5-9(6-4-8)13(2,11)12/h8-9H,3-6H2,1-2H3/t8-,9-. The number of hydrogen-bond acceptors (Lipinski definition) is 3. The van der Waals surface area contributed by atoms with Crippen molar-refractivity contribution in [2.75, 3.05) is 6.26 Å². The van der Waals surface area contributed by atoms with Gasteiger partial charge in [0.2, 0.25) is 0 Å². The third-order valence-corrected chi connectivity index (χ3v) is 4.54. The van der Waals surface area contributed by atoms with E-state index in [0.717, 1.165) is 12.8 Å². The minimum Gasteiger partial charge on any atom is -0.300 e. The molecule has 0 aromatic carbocycles. The SMILES string of the molecule is CC(=O)[C@H]1CC[C@H](S(C)(=O)=O)CC1. The van der Waals surface area contributed by atoms with Crippen molar-refractivity contribution in [2.45, 2.75) is 37.9 Å². The van der Waals surface area contributed by atoms with Crippen molar-refractivity contribution in [3.05, 3.63) is 0 Å². The lowest BCUT2D eigenvalue weighted by Crippen LogP contribution is -2.28. The van der Waals surface area contributed by atoms with Gasteiger partial charge in [-0.3, -0.25) is 4.79 Å². The number of Topliss-reactive ketones (excluding diaryl/α,β-unsaturated/α-hetero) is 1. The molecule has 76 valence electrons. The summed E-state index contributed by atoms with van der Waals surface area (Å²) >= 11 is 0. The highest BCUT2D eigenvalue weighted by molar-refractivity contribution is 7.91. The summed E-state index contributed by atoms with van der Waals surface area (Å²) in [6, 6.07) is 0. The molecule has 3 nitrogen and oxygen atoms in total. The Hall–Kier alpha value is -0.380. The Morgan fingerprint density at radius 3 is 1.92 bits per heavy atom. The fraction of sp³-hybridized carbons (Fsp3) is 0.889. The average Bonchev–Trinajstić information content (AvgIpc) is 2.03. The summed E-state index contributed by atoms with van der Waals surface area (Å²) in [5, 5.41) is -0.205. The van der Waals surface area contributed by atoms with Crippen LogP contribution in [0.2, 0.25) is 0 Å². The molecular weight excluding hydrogens is 188 g/mol. The highest BCUT2D eigenvalue weighted by Crippen LogP contribution is 2.28. The molecule has 0 atom stereocenters. The minimum absolute atomic E-state index is 0.109. The van der Waals surface area contributed by atoms with E-state index in [-0.39, 0.29) is 17.0 Å². The van der Waals surface area contributed by atoms with Gasteiger partial charge in [0.25, 0.3) is 0 Å². The summed E-state index contributed by atoms with van der Waals surface area (Å²) in [4.78, 5) is 11.0. The van der Waals surface area contributed by atoms with Crippen LogP contribution in [0, 0.1) is 5.92 Å². The molecule has 0 aliphatic heterocycles. The predicted molar refractivity (Wildman–Crippen MR) is 51.3 cm³/mol. The number of rotatable bonds is 2. The number of carbonyl (C=O) groups excluding carboxylic acids is 1. The first-order valence-corrected chi connectivity index (χ1v) is 6.56. The molecule has 1 aliphatic rings. The van der Waals surface area contributed by atoms with Gasteiger partial charge in [-0.1, -0.05) is 0 Å². The third kappa shape index (κ3) is 2.79. The van der Waals surface area contributed by atoms with E-state index in [1.165, 1.54) is 6.26 Å². The minimum atomic E-state index is -2.89. The van der Waals surface area contributed by atoms with E-state index in [1.54, 1.807) is 6.92 Å². The molecule has 0 heterocycles. The molecule has 0 bridgehead atoms. The molecule has 0 aromatic heterocycles. The smallest absolute Gasteiger partial charge is 0.150 e. The maximum absolute atomic E-state index is 11.2. The summed E-state index contributed by atoms with van der Waals surface area (Å²) in [6.45, 7) is 1.59. The van der Waals surface area contributed by atoms with Gasteiger partial charge in [0.15, 0.2) is 0 Å². The Bertz CT molecular complexity index is 284. The predicted octanol–water partition coefficient (Wildman–Crippen LogP) is 1.18. The van der Waals surface area contributed by atoms with Gasteiger partial charge in [0.1, 0.15) is 15.6 Å². The molecule has 0 radical (unpaired) electrons. The van der Waals surface area contributed by atoms with Crippen LogP contribution in [0.3, 0.4) is 0 Å². The van der Waals surface area contributed by atoms with E-state index < -0.39 is 9.84 Å². The number of sulfone groups is 1. The maximum Gasteiger partial charge on any atom is 0.150 e. The van der Waals surface area contributed by atoms with Gasteiger partial charge >= 0.3 is 0 Å². The molecule has 0 unspecified atom stereocenters. The summed E-state index contributed by atoms with van der Waals surface area (Å²) in [5.41, 5.74) is 0. The van der Waals surface area contributed by atoms with Crippen LogP contribution in [0.5, 0.6) is 0 Å². The number of carbonyl (C=O) groups is 1. The van der Waals surface area contributed by atoms with Gasteiger partial charge in [0, 0.05) is 12.2 Å². The first-order valence-electron chi connectivity index (χ1n) is 4.60. The second-order valence-electron chi connectivity index (χ2n) is 3.91. The summed E-state index contributed by atoms with van der Waals surface area (Å²) in [6.07, 6.45) is 4.08. The monoisotopic (exact) mass is 204 g/mol. The van der Waals surface area contributed by atoms with E-state index in [9.17, 15) is 13.2 Å². The highest BCUT2D eigenvalue weighted by Gasteiger charge is 2.29. The van der Waals surface area contributed by atoms with Crippen LogP contribution in [0.15, 0.2) is 0 Å². The Morgan fingerprint density at radius 1 is 1.15 bits per heavy atom. The molecule has 1 saturated carbocycles. The first kappa shape index (κ1) is 10.7. The third-order valence-electron chi connectivity index (χ3n) is 2.85. The van der Waals surface area contributed by atoms with Gasteiger partial charge in [-0.15, -0.1) is 0 Å². The Labute approximate surface area is 79.4 Å². The zero-order valence-electron chi connectivity index (χ0n) is 8.12. The van der Waals surface area contributed by atoms with Gasteiger partial charge in [-0.25, -0.2) is 8.42 Å². The Balaban J connectivity index is 2.53. The molecule has 1 fully saturated rings.